The van der Waals surface area contributed by atoms with Gasteiger partial charge in [-0.25, -0.2) is 0 Å². The van der Waals surface area contributed by atoms with Crippen LogP contribution in [0.3, 0.4) is 0 Å². The van der Waals surface area contributed by atoms with Gasteiger partial charge in [0.15, 0.2) is 0 Å². The van der Waals surface area contributed by atoms with Crippen molar-refractivity contribution >= 4 is 36.4 Å². The molecule has 1 aromatic rings. The number of anilines is 1. The van der Waals surface area contributed by atoms with E-state index >= 15 is 0 Å². The summed E-state index contributed by atoms with van der Waals surface area (Å²) >= 11 is 0. The number of pyridine rings is 1. The molecule has 1 fully saturated rings. The molecule has 6 heteroatoms. The molecule has 0 spiro atoms. The lowest BCUT2D eigenvalue weighted by Gasteiger charge is -2.22. The second-order valence-corrected chi connectivity index (χ2v) is 4.24. The Morgan fingerprint density at radius 1 is 1.39 bits per heavy atom. The highest BCUT2D eigenvalue weighted by molar-refractivity contribution is 5.94. The van der Waals surface area contributed by atoms with Crippen molar-refractivity contribution in [3.05, 3.63) is 24.0 Å². The van der Waals surface area contributed by atoms with Crippen molar-refractivity contribution in [1.29, 1.82) is 0 Å². The number of amides is 1. The van der Waals surface area contributed by atoms with E-state index in [1.165, 1.54) is 0 Å². The maximum atomic E-state index is 11.9. The summed E-state index contributed by atoms with van der Waals surface area (Å²) in [6, 6.07) is 1.88. The molecule has 0 aliphatic carbocycles. The maximum absolute atomic E-state index is 11.9. The molecule has 1 saturated heterocycles. The van der Waals surface area contributed by atoms with Crippen LogP contribution in [-0.4, -0.2) is 23.5 Å². The molecular formula is C12H19Cl2N3O. The number of hydrogen-bond acceptors (Lipinski definition) is 3. The molecule has 18 heavy (non-hydrogen) atoms. The zero-order valence-corrected chi connectivity index (χ0v) is 11.9. The molecule has 2 rings (SSSR count). The first-order chi connectivity index (χ1) is 7.75. The summed E-state index contributed by atoms with van der Waals surface area (Å²) < 4.78 is 0. The van der Waals surface area contributed by atoms with Crippen molar-refractivity contribution in [2.75, 3.05) is 11.9 Å². The Kier molecular flexibility index (Phi) is 7.91. The summed E-state index contributed by atoms with van der Waals surface area (Å²) in [6.07, 6.45) is 6.65. The van der Waals surface area contributed by atoms with E-state index in [1.807, 2.05) is 13.0 Å². The van der Waals surface area contributed by atoms with Crippen LogP contribution in [0.4, 0.5) is 5.69 Å². The van der Waals surface area contributed by atoms with Gasteiger partial charge in [-0.2, -0.15) is 0 Å². The number of aromatic nitrogens is 1. The van der Waals surface area contributed by atoms with Gasteiger partial charge in [-0.15, -0.1) is 24.8 Å². The fourth-order valence-electron chi connectivity index (χ4n) is 1.93. The number of nitrogens with zero attached hydrogens (tertiary/aromatic N) is 1. The van der Waals surface area contributed by atoms with Gasteiger partial charge in [-0.1, -0.05) is 6.42 Å². The SMILES string of the molecule is Cc1cncc(NC(=O)C2CCCCN2)c1.Cl.Cl. The second kappa shape index (κ2) is 8.29. The van der Waals surface area contributed by atoms with E-state index < -0.39 is 0 Å². The molecule has 0 saturated carbocycles. The first kappa shape index (κ1) is 17.2. The topological polar surface area (TPSA) is 54.0 Å². The van der Waals surface area contributed by atoms with E-state index in [0.29, 0.717) is 0 Å². The van der Waals surface area contributed by atoms with E-state index in [2.05, 4.69) is 15.6 Å². The van der Waals surface area contributed by atoms with Gasteiger partial charge in [0.05, 0.1) is 17.9 Å². The van der Waals surface area contributed by atoms with Crippen LogP contribution in [0.15, 0.2) is 18.5 Å². The van der Waals surface area contributed by atoms with Gasteiger partial charge in [-0.3, -0.25) is 9.78 Å². The Morgan fingerprint density at radius 3 is 2.78 bits per heavy atom. The third-order valence-electron chi connectivity index (χ3n) is 2.77. The zero-order chi connectivity index (χ0) is 11.4. The Morgan fingerprint density at radius 2 is 2.17 bits per heavy atom. The van der Waals surface area contributed by atoms with Gasteiger partial charge in [-0.05, 0) is 37.9 Å². The van der Waals surface area contributed by atoms with E-state index in [0.717, 1.165) is 37.1 Å². The number of piperidine rings is 1. The smallest absolute Gasteiger partial charge is 0.241 e. The van der Waals surface area contributed by atoms with Crippen LogP contribution < -0.4 is 10.6 Å². The average molecular weight is 292 g/mol. The molecule has 102 valence electrons. The Bertz CT molecular complexity index is 381. The number of hydrogen-bond donors (Lipinski definition) is 2. The lowest BCUT2D eigenvalue weighted by atomic mass is 10.0. The summed E-state index contributed by atoms with van der Waals surface area (Å²) in [6.45, 7) is 2.89. The van der Waals surface area contributed by atoms with Crippen LogP contribution in [0.1, 0.15) is 24.8 Å². The van der Waals surface area contributed by atoms with Crippen molar-refractivity contribution in [3.63, 3.8) is 0 Å². The van der Waals surface area contributed by atoms with Crippen molar-refractivity contribution < 1.29 is 4.79 Å². The first-order valence-electron chi connectivity index (χ1n) is 5.71. The minimum Gasteiger partial charge on any atom is -0.323 e. The minimum absolute atomic E-state index is 0. The molecule has 2 N–H and O–H groups in total. The molecule has 1 atom stereocenters. The number of aryl methyl sites for hydroxylation is 1. The van der Waals surface area contributed by atoms with Crippen LogP contribution in [0.25, 0.3) is 0 Å². The van der Waals surface area contributed by atoms with Gasteiger partial charge in [0, 0.05) is 6.20 Å². The fourth-order valence-corrected chi connectivity index (χ4v) is 1.93. The van der Waals surface area contributed by atoms with E-state index in [9.17, 15) is 4.79 Å². The lowest BCUT2D eigenvalue weighted by molar-refractivity contribution is -0.118. The molecule has 0 aromatic carbocycles. The summed E-state index contributed by atoms with van der Waals surface area (Å²) in [5, 5.41) is 6.11. The molecule has 1 amide bonds. The number of rotatable bonds is 2. The van der Waals surface area contributed by atoms with Crippen LogP contribution in [0.5, 0.6) is 0 Å². The fraction of sp³-hybridized carbons (Fsp3) is 0.500. The normalized spacial score (nSPS) is 18.2. The Balaban J connectivity index is 0.00000144. The third-order valence-corrected chi connectivity index (χ3v) is 2.77. The van der Waals surface area contributed by atoms with Gasteiger partial charge in [0.1, 0.15) is 0 Å². The monoisotopic (exact) mass is 291 g/mol. The largest absolute Gasteiger partial charge is 0.323 e. The van der Waals surface area contributed by atoms with Crippen LogP contribution in [0, 0.1) is 6.92 Å². The summed E-state index contributed by atoms with van der Waals surface area (Å²) in [5.41, 5.74) is 1.83. The number of carbonyl (C=O) groups excluding carboxylic acids is 1. The average Bonchev–Trinajstić information content (AvgIpc) is 2.30. The maximum Gasteiger partial charge on any atom is 0.241 e. The van der Waals surface area contributed by atoms with Crippen molar-refractivity contribution in [3.8, 4) is 0 Å². The molecule has 1 unspecified atom stereocenters. The number of carbonyl (C=O) groups is 1. The predicted molar refractivity (Wildman–Crippen MR) is 77.7 cm³/mol. The van der Waals surface area contributed by atoms with Gasteiger partial charge in [0.25, 0.3) is 0 Å². The minimum atomic E-state index is -0.0470. The zero-order valence-electron chi connectivity index (χ0n) is 10.3. The second-order valence-electron chi connectivity index (χ2n) is 4.24. The van der Waals surface area contributed by atoms with E-state index in [-0.39, 0.29) is 36.8 Å². The highest BCUT2D eigenvalue weighted by Crippen LogP contribution is 2.11. The first-order valence-corrected chi connectivity index (χ1v) is 5.71. The molecular weight excluding hydrogens is 273 g/mol. The molecule has 1 aromatic heterocycles. The van der Waals surface area contributed by atoms with Gasteiger partial charge < -0.3 is 10.6 Å². The van der Waals surface area contributed by atoms with Gasteiger partial charge >= 0.3 is 0 Å². The standard InChI is InChI=1S/C12H17N3O.2ClH/c1-9-6-10(8-13-7-9)15-12(16)11-4-2-3-5-14-11;;/h6-8,11,14H,2-5H2,1H3,(H,15,16);2*1H. The number of nitrogens with one attached hydrogen (secondary N) is 2. The highest BCUT2D eigenvalue weighted by atomic mass is 35.5. The molecule has 4 nitrogen and oxygen atoms in total. The van der Waals surface area contributed by atoms with Crippen LogP contribution in [-0.2, 0) is 4.79 Å². The van der Waals surface area contributed by atoms with Crippen LogP contribution in [0.2, 0.25) is 0 Å². The van der Waals surface area contributed by atoms with Crippen LogP contribution >= 0.6 is 24.8 Å². The van der Waals surface area contributed by atoms with Crippen molar-refractivity contribution in [2.24, 2.45) is 0 Å². The van der Waals surface area contributed by atoms with Crippen molar-refractivity contribution in [2.45, 2.75) is 32.2 Å². The summed E-state index contributed by atoms with van der Waals surface area (Å²) in [5.74, 6) is 0.0482. The molecule has 0 bridgehead atoms. The summed E-state index contributed by atoms with van der Waals surface area (Å²) in [7, 11) is 0. The van der Waals surface area contributed by atoms with E-state index in [4.69, 9.17) is 0 Å². The Hall–Kier alpha value is -0.840. The highest BCUT2D eigenvalue weighted by Gasteiger charge is 2.20. The third kappa shape index (κ3) is 4.80. The van der Waals surface area contributed by atoms with E-state index in [1.54, 1.807) is 12.4 Å². The molecule has 2 heterocycles. The molecule has 1 aliphatic rings. The van der Waals surface area contributed by atoms with Gasteiger partial charge in [0.2, 0.25) is 5.91 Å². The Labute approximate surface area is 120 Å². The molecule has 0 radical (unpaired) electrons. The quantitative estimate of drug-likeness (QED) is 0.879. The predicted octanol–water partition coefficient (Wildman–Crippen LogP) is 2.31. The van der Waals surface area contributed by atoms with Crippen molar-refractivity contribution in [1.82, 2.24) is 10.3 Å². The molecule has 1 aliphatic heterocycles. The lowest BCUT2D eigenvalue weighted by Crippen LogP contribution is -2.43. The number of halogens is 2. The summed E-state index contributed by atoms with van der Waals surface area (Å²) in [4.78, 5) is 15.9.